The van der Waals surface area contributed by atoms with Crippen molar-refractivity contribution in [3.05, 3.63) is 11.9 Å². The summed E-state index contributed by atoms with van der Waals surface area (Å²) in [6, 6.07) is 0. The molecule has 0 aliphatic heterocycles. The Labute approximate surface area is 95.6 Å². The van der Waals surface area contributed by atoms with Crippen LogP contribution in [0.15, 0.2) is 6.20 Å². The molecule has 0 aliphatic rings. The van der Waals surface area contributed by atoms with E-state index in [2.05, 4.69) is 5.10 Å². The Morgan fingerprint density at radius 2 is 2.06 bits per heavy atom. The van der Waals surface area contributed by atoms with Crippen LogP contribution in [0.3, 0.4) is 0 Å². The zero-order valence-electron chi connectivity index (χ0n) is 10.5. The van der Waals surface area contributed by atoms with Gasteiger partial charge in [0.05, 0.1) is 13.3 Å². The molecule has 2 N–H and O–H groups in total. The highest BCUT2D eigenvalue weighted by molar-refractivity contribution is 5.32. The summed E-state index contributed by atoms with van der Waals surface area (Å²) < 4.78 is 21.6. The normalized spacial score (nSPS) is 15.9. The summed E-state index contributed by atoms with van der Waals surface area (Å²) in [5, 5.41) is 4.01. The van der Waals surface area contributed by atoms with Gasteiger partial charge in [0.15, 0.2) is 11.4 Å². The fraction of sp³-hybridized carbons (Fsp3) is 0.727. The summed E-state index contributed by atoms with van der Waals surface area (Å²) in [5.41, 5.74) is 3.71. The van der Waals surface area contributed by atoms with E-state index in [-0.39, 0.29) is 6.54 Å². The lowest BCUT2D eigenvalue weighted by Gasteiger charge is -2.37. The van der Waals surface area contributed by atoms with E-state index in [4.69, 9.17) is 10.5 Å². The molecule has 92 valence electrons. The van der Waals surface area contributed by atoms with Crippen molar-refractivity contribution in [2.45, 2.75) is 26.4 Å². The minimum atomic E-state index is -1.66. The molecule has 0 radical (unpaired) electrons. The second-order valence-corrected chi connectivity index (χ2v) is 4.94. The van der Waals surface area contributed by atoms with Crippen LogP contribution in [-0.4, -0.2) is 23.4 Å². The Hall–Kier alpha value is -1.10. The largest absolute Gasteiger partial charge is 0.493 e. The van der Waals surface area contributed by atoms with Gasteiger partial charge in [-0.2, -0.15) is 5.10 Å². The zero-order chi connectivity index (χ0) is 12.6. The molecule has 1 atom stereocenters. The van der Waals surface area contributed by atoms with Crippen LogP contribution in [0.25, 0.3) is 0 Å². The number of hydrogen-bond donors (Lipinski definition) is 1. The van der Waals surface area contributed by atoms with Crippen molar-refractivity contribution < 1.29 is 9.13 Å². The monoisotopic (exact) mass is 229 g/mol. The topological polar surface area (TPSA) is 53.1 Å². The van der Waals surface area contributed by atoms with E-state index in [9.17, 15) is 0 Å². The van der Waals surface area contributed by atoms with Crippen molar-refractivity contribution in [3.63, 3.8) is 0 Å². The van der Waals surface area contributed by atoms with E-state index in [0.29, 0.717) is 11.4 Å². The Kier molecular flexibility index (Phi) is 3.28. The number of nitrogens with zero attached hydrogens (tertiary/aromatic N) is 2. The molecular formula is C11H20FN3O. The first-order chi connectivity index (χ1) is 7.28. The van der Waals surface area contributed by atoms with Crippen LogP contribution in [0.4, 0.5) is 4.39 Å². The molecular weight excluding hydrogens is 209 g/mol. The lowest BCUT2D eigenvalue weighted by atomic mass is 9.75. The summed E-state index contributed by atoms with van der Waals surface area (Å²) in [6.45, 7) is 5.33. The van der Waals surface area contributed by atoms with Gasteiger partial charge in [0.1, 0.15) is 5.69 Å². The molecule has 16 heavy (non-hydrogen) atoms. The molecule has 1 unspecified atom stereocenters. The van der Waals surface area contributed by atoms with Crippen LogP contribution in [0.2, 0.25) is 0 Å². The number of nitrogens with two attached hydrogens (primary N) is 1. The second kappa shape index (κ2) is 4.05. The van der Waals surface area contributed by atoms with Gasteiger partial charge in [-0.25, -0.2) is 4.39 Å². The minimum Gasteiger partial charge on any atom is -0.493 e. The van der Waals surface area contributed by atoms with Gasteiger partial charge >= 0.3 is 0 Å². The molecule has 1 rings (SSSR count). The highest BCUT2D eigenvalue weighted by Gasteiger charge is 2.47. The van der Waals surface area contributed by atoms with E-state index < -0.39 is 11.1 Å². The first kappa shape index (κ1) is 13.0. The maximum Gasteiger partial charge on any atom is 0.172 e. The Morgan fingerprint density at radius 3 is 2.44 bits per heavy atom. The molecule has 4 nitrogen and oxygen atoms in total. The number of rotatable bonds is 3. The van der Waals surface area contributed by atoms with E-state index in [1.165, 1.54) is 18.0 Å². The van der Waals surface area contributed by atoms with Crippen LogP contribution < -0.4 is 10.5 Å². The SMILES string of the molecule is COc1cnn(C)c1C(F)(CN)C(C)(C)C. The van der Waals surface area contributed by atoms with Crippen molar-refractivity contribution in [1.29, 1.82) is 0 Å². The van der Waals surface area contributed by atoms with E-state index in [0.717, 1.165) is 0 Å². The van der Waals surface area contributed by atoms with Crippen molar-refractivity contribution in [2.24, 2.45) is 18.2 Å². The second-order valence-electron chi connectivity index (χ2n) is 4.94. The van der Waals surface area contributed by atoms with E-state index in [1.807, 2.05) is 20.8 Å². The summed E-state index contributed by atoms with van der Waals surface area (Å²) in [7, 11) is 3.19. The Morgan fingerprint density at radius 1 is 1.50 bits per heavy atom. The molecule has 0 saturated heterocycles. The fourth-order valence-electron chi connectivity index (χ4n) is 1.78. The maximum absolute atomic E-state index is 15.0. The third-order valence-corrected chi connectivity index (χ3v) is 2.97. The van der Waals surface area contributed by atoms with Gasteiger partial charge < -0.3 is 10.5 Å². The molecule has 5 heteroatoms. The summed E-state index contributed by atoms with van der Waals surface area (Å²) in [6.07, 6.45) is 1.51. The highest BCUT2D eigenvalue weighted by atomic mass is 19.1. The number of hydrogen-bond acceptors (Lipinski definition) is 3. The Balaban J connectivity index is 3.38. The van der Waals surface area contributed by atoms with Crippen molar-refractivity contribution >= 4 is 0 Å². The molecule has 0 bridgehead atoms. The number of ether oxygens (including phenoxy) is 1. The number of methoxy groups -OCH3 is 1. The van der Waals surface area contributed by atoms with Gasteiger partial charge in [-0.3, -0.25) is 4.68 Å². The molecule has 1 heterocycles. The van der Waals surface area contributed by atoms with Gasteiger partial charge in [0.2, 0.25) is 0 Å². The third-order valence-electron chi connectivity index (χ3n) is 2.97. The van der Waals surface area contributed by atoms with Crippen LogP contribution >= 0.6 is 0 Å². The van der Waals surface area contributed by atoms with Crippen LogP contribution in [0.1, 0.15) is 26.5 Å². The fourth-order valence-corrected chi connectivity index (χ4v) is 1.78. The molecule has 0 saturated carbocycles. The number of aromatic nitrogens is 2. The van der Waals surface area contributed by atoms with Crippen LogP contribution in [-0.2, 0) is 12.7 Å². The van der Waals surface area contributed by atoms with E-state index in [1.54, 1.807) is 7.05 Å². The molecule has 0 amide bonds. The predicted octanol–water partition coefficient (Wildman–Crippen LogP) is 1.60. The number of alkyl halides is 1. The molecule has 1 aromatic heterocycles. The molecule has 0 aliphatic carbocycles. The number of aryl methyl sites for hydroxylation is 1. The minimum absolute atomic E-state index is 0.105. The molecule has 0 aromatic carbocycles. The van der Waals surface area contributed by atoms with E-state index >= 15 is 4.39 Å². The zero-order valence-corrected chi connectivity index (χ0v) is 10.5. The lowest BCUT2D eigenvalue weighted by Crippen LogP contribution is -2.44. The molecule has 1 aromatic rings. The van der Waals surface area contributed by atoms with Crippen LogP contribution in [0.5, 0.6) is 5.75 Å². The first-order valence-electron chi connectivity index (χ1n) is 5.23. The predicted molar refractivity (Wildman–Crippen MR) is 61.1 cm³/mol. The third kappa shape index (κ3) is 1.80. The van der Waals surface area contributed by atoms with Gasteiger partial charge in [0.25, 0.3) is 0 Å². The maximum atomic E-state index is 15.0. The van der Waals surface area contributed by atoms with Gasteiger partial charge in [-0.15, -0.1) is 0 Å². The molecule has 0 fully saturated rings. The standard InChI is InChI=1S/C11H20FN3O/c1-10(2,3)11(12,7-13)9-8(16-5)6-14-15(9)4/h6H,7,13H2,1-5H3. The summed E-state index contributed by atoms with van der Waals surface area (Å²) in [5.74, 6) is 0.436. The lowest BCUT2D eigenvalue weighted by molar-refractivity contribution is 0.0238. The smallest absolute Gasteiger partial charge is 0.172 e. The average molecular weight is 229 g/mol. The highest BCUT2D eigenvalue weighted by Crippen LogP contribution is 2.45. The van der Waals surface area contributed by atoms with Gasteiger partial charge in [0, 0.05) is 19.0 Å². The van der Waals surface area contributed by atoms with Crippen molar-refractivity contribution in [3.8, 4) is 5.75 Å². The van der Waals surface area contributed by atoms with Crippen molar-refractivity contribution in [2.75, 3.05) is 13.7 Å². The van der Waals surface area contributed by atoms with Gasteiger partial charge in [-0.1, -0.05) is 20.8 Å². The van der Waals surface area contributed by atoms with Gasteiger partial charge in [-0.05, 0) is 0 Å². The molecule has 0 spiro atoms. The Bertz CT molecular complexity index is 370. The first-order valence-corrected chi connectivity index (χ1v) is 5.23. The average Bonchev–Trinajstić information content (AvgIpc) is 2.57. The quantitative estimate of drug-likeness (QED) is 0.856. The van der Waals surface area contributed by atoms with Crippen LogP contribution in [0, 0.1) is 5.41 Å². The number of halogens is 1. The summed E-state index contributed by atoms with van der Waals surface area (Å²) >= 11 is 0. The van der Waals surface area contributed by atoms with Crippen molar-refractivity contribution in [1.82, 2.24) is 9.78 Å². The summed E-state index contributed by atoms with van der Waals surface area (Å²) in [4.78, 5) is 0.